The van der Waals surface area contributed by atoms with Gasteiger partial charge in [-0.15, -0.1) is 0 Å². The molecule has 0 saturated carbocycles. The van der Waals surface area contributed by atoms with Crippen LogP contribution >= 0.6 is 0 Å². The Balaban J connectivity index is 2.15. The molecule has 0 heterocycles. The molecule has 0 spiro atoms. The van der Waals surface area contributed by atoms with Crippen LogP contribution in [0, 0.1) is 0 Å². The van der Waals surface area contributed by atoms with E-state index in [9.17, 15) is 18.0 Å². The molecule has 0 bridgehead atoms. The molecule has 8 heteroatoms. The van der Waals surface area contributed by atoms with Gasteiger partial charge < -0.3 is 10.1 Å². The van der Waals surface area contributed by atoms with E-state index in [1.165, 1.54) is 0 Å². The second-order valence-electron chi connectivity index (χ2n) is 6.87. The molecule has 0 radical (unpaired) electrons. The fourth-order valence-electron chi connectivity index (χ4n) is 2.94. The average molecular weight is 433 g/mol. The monoisotopic (exact) mass is 432 g/mol. The highest BCUT2D eigenvalue weighted by molar-refractivity contribution is 7.92. The molecular formula is C22H28N2O5S. The Morgan fingerprint density at radius 1 is 1.03 bits per heavy atom. The molecular weight excluding hydrogens is 404 g/mol. The van der Waals surface area contributed by atoms with Gasteiger partial charge in [0.25, 0.3) is 0 Å². The first-order chi connectivity index (χ1) is 14.3. The molecule has 2 rings (SSSR count). The predicted octanol–water partition coefficient (Wildman–Crippen LogP) is 3.83. The minimum absolute atomic E-state index is 0.287. The quantitative estimate of drug-likeness (QED) is 0.455. The molecule has 30 heavy (non-hydrogen) atoms. The smallest absolute Gasteiger partial charge is 0.338 e. The first-order valence-corrected chi connectivity index (χ1v) is 11.7. The Hall–Kier alpha value is -2.87. The van der Waals surface area contributed by atoms with E-state index in [2.05, 4.69) is 5.32 Å². The summed E-state index contributed by atoms with van der Waals surface area (Å²) in [7, 11) is -3.68. The van der Waals surface area contributed by atoms with E-state index in [0.717, 1.165) is 23.4 Å². The van der Waals surface area contributed by atoms with E-state index < -0.39 is 27.9 Å². The lowest BCUT2D eigenvalue weighted by Gasteiger charge is -2.30. The van der Waals surface area contributed by atoms with Crippen molar-refractivity contribution in [3.05, 3.63) is 60.2 Å². The summed E-state index contributed by atoms with van der Waals surface area (Å²) in [4.78, 5) is 24.9. The van der Waals surface area contributed by atoms with Gasteiger partial charge >= 0.3 is 5.97 Å². The van der Waals surface area contributed by atoms with Crippen LogP contribution in [-0.4, -0.2) is 39.2 Å². The summed E-state index contributed by atoms with van der Waals surface area (Å²) in [6.07, 6.45) is 3.10. The molecule has 0 aliphatic carbocycles. The van der Waals surface area contributed by atoms with Crippen LogP contribution in [0.25, 0.3) is 0 Å². The van der Waals surface area contributed by atoms with Crippen molar-refractivity contribution in [3.8, 4) is 0 Å². The van der Waals surface area contributed by atoms with Crippen molar-refractivity contribution in [2.75, 3.05) is 22.5 Å². The number of anilines is 2. The standard InChI is InChI=1S/C22H28N2O5S/c1-4-6-16-29-22(26)17-12-14-18(15-13-17)23-21(25)20(5-2)24(30(3,27)28)19-10-8-7-9-11-19/h7-15,20H,4-6,16H2,1-3H3,(H,23,25)/t20-/m1/s1. The molecule has 0 aliphatic heterocycles. The zero-order valence-electron chi connectivity index (χ0n) is 17.5. The zero-order valence-corrected chi connectivity index (χ0v) is 18.3. The first kappa shape index (κ1) is 23.4. The van der Waals surface area contributed by atoms with Gasteiger partial charge in [0.15, 0.2) is 0 Å². The fraction of sp³-hybridized carbons (Fsp3) is 0.364. The van der Waals surface area contributed by atoms with Crippen LogP contribution < -0.4 is 9.62 Å². The van der Waals surface area contributed by atoms with Crippen LogP contribution in [-0.2, 0) is 19.6 Å². The molecule has 0 fully saturated rings. The number of hydrogen-bond donors (Lipinski definition) is 1. The van der Waals surface area contributed by atoms with E-state index in [1.807, 2.05) is 6.92 Å². The lowest BCUT2D eigenvalue weighted by atomic mass is 10.1. The molecule has 7 nitrogen and oxygen atoms in total. The number of nitrogens with one attached hydrogen (secondary N) is 1. The number of hydrogen-bond acceptors (Lipinski definition) is 5. The van der Waals surface area contributed by atoms with E-state index >= 15 is 0 Å². The minimum atomic E-state index is -3.68. The second kappa shape index (κ2) is 10.8. The Bertz CT molecular complexity index is 943. The third-order valence-corrected chi connectivity index (χ3v) is 5.64. The fourth-order valence-corrected chi connectivity index (χ4v) is 4.15. The van der Waals surface area contributed by atoms with Crippen molar-refractivity contribution in [3.63, 3.8) is 0 Å². The van der Waals surface area contributed by atoms with Gasteiger partial charge in [0.2, 0.25) is 15.9 Å². The molecule has 1 N–H and O–H groups in total. The Labute approximate surface area is 178 Å². The lowest BCUT2D eigenvalue weighted by molar-refractivity contribution is -0.117. The number of benzene rings is 2. The largest absolute Gasteiger partial charge is 0.462 e. The van der Waals surface area contributed by atoms with Gasteiger partial charge in [-0.25, -0.2) is 13.2 Å². The highest BCUT2D eigenvalue weighted by atomic mass is 32.2. The van der Waals surface area contributed by atoms with E-state index in [0.29, 0.717) is 23.5 Å². The molecule has 2 aromatic rings. The molecule has 0 aliphatic rings. The second-order valence-corrected chi connectivity index (χ2v) is 8.73. The average Bonchev–Trinajstić information content (AvgIpc) is 2.72. The molecule has 2 aromatic carbocycles. The molecule has 162 valence electrons. The van der Waals surface area contributed by atoms with Crippen LogP contribution in [0.1, 0.15) is 43.5 Å². The van der Waals surface area contributed by atoms with Gasteiger partial charge in [0, 0.05) is 5.69 Å². The van der Waals surface area contributed by atoms with Crippen LogP contribution in [0.5, 0.6) is 0 Å². The third-order valence-electron chi connectivity index (χ3n) is 4.46. The number of ether oxygens (including phenoxy) is 1. The number of rotatable bonds is 10. The van der Waals surface area contributed by atoms with Gasteiger partial charge in [0.1, 0.15) is 6.04 Å². The van der Waals surface area contributed by atoms with Crippen molar-refractivity contribution in [1.82, 2.24) is 0 Å². The van der Waals surface area contributed by atoms with Crippen molar-refractivity contribution in [2.24, 2.45) is 0 Å². The van der Waals surface area contributed by atoms with Crippen molar-refractivity contribution in [1.29, 1.82) is 0 Å². The summed E-state index contributed by atoms with van der Waals surface area (Å²) in [6.45, 7) is 4.13. The SMILES string of the molecule is CCCCOC(=O)c1ccc(NC(=O)[C@@H](CC)N(c2ccccc2)S(C)(=O)=O)cc1. The van der Waals surface area contributed by atoms with E-state index in [4.69, 9.17) is 4.74 Å². The Morgan fingerprint density at radius 2 is 1.67 bits per heavy atom. The molecule has 1 atom stereocenters. The van der Waals surface area contributed by atoms with Crippen molar-refractivity contribution in [2.45, 2.75) is 39.2 Å². The van der Waals surface area contributed by atoms with Gasteiger partial charge in [-0.05, 0) is 49.2 Å². The number of unbranched alkanes of at least 4 members (excludes halogenated alkanes) is 1. The van der Waals surface area contributed by atoms with Crippen molar-refractivity contribution < 1.29 is 22.7 Å². The number of amides is 1. The van der Waals surface area contributed by atoms with Gasteiger partial charge in [0.05, 0.1) is 24.1 Å². The number of sulfonamides is 1. The summed E-state index contributed by atoms with van der Waals surface area (Å²) in [5.74, 6) is -0.870. The van der Waals surface area contributed by atoms with E-state index in [-0.39, 0.29) is 6.42 Å². The van der Waals surface area contributed by atoms with Gasteiger partial charge in [-0.2, -0.15) is 0 Å². The predicted molar refractivity (Wildman–Crippen MR) is 118 cm³/mol. The molecule has 0 unspecified atom stereocenters. The van der Waals surface area contributed by atoms with E-state index in [1.54, 1.807) is 61.5 Å². The normalized spacial score (nSPS) is 12.1. The number of carbonyl (C=O) groups is 2. The first-order valence-electron chi connectivity index (χ1n) is 9.90. The molecule has 0 aromatic heterocycles. The van der Waals surface area contributed by atoms with Gasteiger partial charge in [-0.3, -0.25) is 9.10 Å². The maximum atomic E-state index is 12.9. The molecule has 0 saturated heterocycles. The Morgan fingerprint density at radius 3 is 2.20 bits per heavy atom. The van der Waals surface area contributed by atoms with Crippen LogP contribution in [0.2, 0.25) is 0 Å². The maximum absolute atomic E-state index is 12.9. The van der Waals surface area contributed by atoms with Crippen LogP contribution in [0.4, 0.5) is 11.4 Å². The zero-order chi connectivity index (χ0) is 22.1. The number of esters is 1. The maximum Gasteiger partial charge on any atom is 0.338 e. The van der Waals surface area contributed by atoms with Crippen LogP contribution in [0.3, 0.4) is 0 Å². The summed E-state index contributed by atoms with van der Waals surface area (Å²) in [5.41, 5.74) is 1.27. The summed E-state index contributed by atoms with van der Waals surface area (Å²) >= 11 is 0. The highest BCUT2D eigenvalue weighted by Crippen LogP contribution is 2.23. The third kappa shape index (κ3) is 6.32. The number of carbonyl (C=O) groups excluding carboxylic acids is 2. The summed E-state index contributed by atoms with van der Waals surface area (Å²) < 4.78 is 31.1. The number of para-hydroxylation sites is 1. The topological polar surface area (TPSA) is 92.8 Å². The summed E-state index contributed by atoms with van der Waals surface area (Å²) in [5, 5.41) is 2.74. The summed E-state index contributed by atoms with van der Waals surface area (Å²) in [6, 6.07) is 13.9. The number of nitrogens with zero attached hydrogens (tertiary/aromatic N) is 1. The van der Waals surface area contributed by atoms with Gasteiger partial charge in [-0.1, -0.05) is 38.5 Å². The van der Waals surface area contributed by atoms with Crippen LogP contribution in [0.15, 0.2) is 54.6 Å². The minimum Gasteiger partial charge on any atom is -0.462 e. The molecule has 1 amide bonds. The Kier molecular flexibility index (Phi) is 8.41. The lowest BCUT2D eigenvalue weighted by Crippen LogP contribution is -2.46. The van der Waals surface area contributed by atoms with Crippen molar-refractivity contribution >= 4 is 33.3 Å². The highest BCUT2D eigenvalue weighted by Gasteiger charge is 2.31.